The van der Waals surface area contributed by atoms with E-state index in [0.717, 1.165) is 6.42 Å². The molecule has 1 aromatic rings. The third-order valence-corrected chi connectivity index (χ3v) is 4.14. The molecule has 1 unspecified atom stereocenters. The van der Waals surface area contributed by atoms with Crippen molar-refractivity contribution in [3.63, 3.8) is 0 Å². The van der Waals surface area contributed by atoms with Gasteiger partial charge in [-0.1, -0.05) is 13.3 Å². The zero-order valence-corrected chi connectivity index (χ0v) is 9.50. The number of sulfone groups is 1. The van der Waals surface area contributed by atoms with E-state index in [0.29, 0.717) is 12.1 Å². The van der Waals surface area contributed by atoms with Crippen LogP contribution in [0.5, 0.6) is 0 Å². The fourth-order valence-corrected chi connectivity index (χ4v) is 2.68. The summed E-state index contributed by atoms with van der Waals surface area (Å²) in [5, 5.41) is -0.828. The molecule has 0 aromatic heterocycles. The molecule has 0 saturated heterocycles. The number of anilines is 1. The molecular weight excluding hydrogens is 212 g/mol. The van der Waals surface area contributed by atoms with Gasteiger partial charge in [-0.3, -0.25) is 0 Å². The van der Waals surface area contributed by atoms with Gasteiger partial charge in [0.05, 0.1) is 4.90 Å². The Balaban J connectivity index is 3.01. The minimum Gasteiger partial charge on any atom is -0.399 e. The molecule has 5 heteroatoms. The summed E-state index contributed by atoms with van der Waals surface area (Å²) in [7, 11) is -3.40. The van der Waals surface area contributed by atoms with Gasteiger partial charge in [0.25, 0.3) is 0 Å². The SMILES string of the molecule is CCCC(N)S(=O)(=O)c1ccc(N)cc1. The molecule has 1 aromatic carbocycles. The molecule has 0 radical (unpaired) electrons. The highest BCUT2D eigenvalue weighted by Crippen LogP contribution is 2.17. The van der Waals surface area contributed by atoms with Crippen molar-refractivity contribution in [2.24, 2.45) is 5.73 Å². The van der Waals surface area contributed by atoms with Gasteiger partial charge in [0.2, 0.25) is 0 Å². The van der Waals surface area contributed by atoms with E-state index in [1.807, 2.05) is 6.92 Å². The fraction of sp³-hybridized carbons (Fsp3) is 0.400. The van der Waals surface area contributed by atoms with Gasteiger partial charge >= 0.3 is 0 Å². The first-order valence-corrected chi connectivity index (χ1v) is 6.38. The van der Waals surface area contributed by atoms with Crippen molar-refractivity contribution in [3.8, 4) is 0 Å². The second-order valence-corrected chi connectivity index (χ2v) is 5.61. The lowest BCUT2D eigenvalue weighted by Crippen LogP contribution is -2.30. The van der Waals surface area contributed by atoms with Crippen LogP contribution in [0.3, 0.4) is 0 Å². The lowest BCUT2D eigenvalue weighted by Gasteiger charge is -2.11. The van der Waals surface area contributed by atoms with Crippen molar-refractivity contribution in [1.29, 1.82) is 0 Å². The summed E-state index contributed by atoms with van der Waals surface area (Å²) in [5.41, 5.74) is 11.6. The van der Waals surface area contributed by atoms with Gasteiger partial charge in [0.1, 0.15) is 5.37 Å². The Bertz CT molecular complexity index is 412. The summed E-state index contributed by atoms with van der Waals surface area (Å²) in [5.74, 6) is 0. The van der Waals surface area contributed by atoms with Crippen LogP contribution in [0.15, 0.2) is 29.2 Å². The molecule has 0 aliphatic rings. The van der Waals surface area contributed by atoms with E-state index >= 15 is 0 Å². The van der Waals surface area contributed by atoms with Crippen molar-refractivity contribution >= 4 is 15.5 Å². The van der Waals surface area contributed by atoms with E-state index < -0.39 is 15.2 Å². The van der Waals surface area contributed by atoms with Gasteiger partial charge in [0, 0.05) is 5.69 Å². The van der Waals surface area contributed by atoms with Crippen LogP contribution < -0.4 is 11.5 Å². The van der Waals surface area contributed by atoms with E-state index in [4.69, 9.17) is 11.5 Å². The minimum atomic E-state index is -3.40. The molecule has 1 rings (SSSR count). The van der Waals surface area contributed by atoms with Crippen LogP contribution in [0.1, 0.15) is 19.8 Å². The average molecular weight is 228 g/mol. The van der Waals surface area contributed by atoms with Crippen LogP contribution in [-0.2, 0) is 9.84 Å². The summed E-state index contributed by atoms with van der Waals surface area (Å²) in [6, 6.07) is 6.09. The number of rotatable bonds is 4. The maximum absolute atomic E-state index is 11.9. The van der Waals surface area contributed by atoms with Gasteiger partial charge in [0.15, 0.2) is 9.84 Å². The van der Waals surface area contributed by atoms with Crippen molar-refractivity contribution in [3.05, 3.63) is 24.3 Å². The zero-order valence-electron chi connectivity index (χ0n) is 8.68. The number of hydrogen-bond acceptors (Lipinski definition) is 4. The maximum atomic E-state index is 11.9. The summed E-state index contributed by atoms with van der Waals surface area (Å²) >= 11 is 0. The molecule has 84 valence electrons. The third-order valence-electron chi connectivity index (χ3n) is 2.18. The zero-order chi connectivity index (χ0) is 11.5. The highest BCUT2D eigenvalue weighted by atomic mass is 32.2. The van der Waals surface area contributed by atoms with E-state index in [1.54, 1.807) is 12.1 Å². The van der Waals surface area contributed by atoms with Gasteiger partial charge in [-0.25, -0.2) is 8.42 Å². The Morgan fingerprint density at radius 2 is 1.80 bits per heavy atom. The lowest BCUT2D eigenvalue weighted by atomic mass is 10.3. The van der Waals surface area contributed by atoms with Crippen LogP contribution in [0.4, 0.5) is 5.69 Å². The van der Waals surface area contributed by atoms with E-state index in [1.165, 1.54) is 12.1 Å². The Kier molecular flexibility index (Phi) is 3.71. The lowest BCUT2D eigenvalue weighted by molar-refractivity contribution is 0.571. The van der Waals surface area contributed by atoms with Crippen molar-refractivity contribution in [1.82, 2.24) is 0 Å². The van der Waals surface area contributed by atoms with Crippen molar-refractivity contribution in [2.45, 2.75) is 30.0 Å². The molecule has 0 bridgehead atoms. The smallest absolute Gasteiger partial charge is 0.193 e. The molecule has 0 aliphatic carbocycles. The predicted molar refractivity (Wildman–Crippen MR) is 60.9 cm³/mol. The van der Waals surface area contributed by atoms with Gasteiger partial charge in [-0.15, -0.1) is 0 Å². The molecule has 0 spiro atoms. The van der Waals surface area contributed by atoms with Crippen LogP contribution in [0.2, 0.25) is 0 Å². The number of benzene rings is 1. The maximum Gasteiger partial charge on any atom is 0.193 e. The second-order valence-electron chi connectivity index (χ2n) is 3.44. The van der Waals surface area contributed by atoms with Gasteiger partial charge < -0.3 is 11.5 Å². The van der Waals surface area contributed by atoms with Gasteiger partial charge in [-0.05, 0) is 30.7 Å². The van der Waals surface area contributed by atoms with Crippen LogP contribution in [0.25, 0.3) is 0 Å². The van der Waals surface area contributed by atoms with Gasteiger partial charge in [-0.2, -0.15) is 0 Å². The largest absolute Gasteiger partial charge is 0.399 e. The van der Waals surface area contributed by atoms with Crippen LogP contribution in [0, 0.1) is 0 Å². The Morgan fingerprint density at radius 3 is 2.27 bits per heavy atom. The molecule has 1 atom stereocenters. The summed E-state index contributed by atoms with van der Waals surface area (Å²) in [4.78, 5) is 0.234. The average Bonchev–Trinajstić information content (AvgIpc) is 2.18. The molecular formula is C10H16N2O2S. The Labute approximate surface area is 90.2 Å². The molecule has 0 heterocycles. The first-order chi connectivity index (χ1) is 6.98. The summed E-state index contributed by atoms with van der Waals surface area (Å²) in [6.07, 6.45) is 1.21. The topological polar surface area (TPSA) is 86.2 Å². The van der Waals surface area contributed by atoms with E-state index in [2.05, 4.69) is 0 Å². The van der Waals surface area contributed by atoms with E-state index in [9.17, 15) is 8.42 Å². The number of nitrogens with two attached hydrogens (primary N) is 2. The fourth-order valence-electron chi connectivity index (χ4n) is 1.27. The van der Waals surface area contributed by atoms with Crippen LogP contribution >= 0.6 is 0 Å². The standard InChI is InChI=1S/C10H16N2O2S/c1-2-3-10(12)15(13,14)9-6-4-8(11)5-7-9/h4-7,10H,2-3,11-12H2,1H3. The molecule has 4 N–H and O–H groups in total. The molecule has 0 amide bonds. The summed E-state index contributed by atoms with van der Waals surface area (Å²) < 4.78 is 23.7. The summed E-state index contributed by atoms with van der Waals surface area (Å²) in [6.45, 7) is 1.90. The van der Waals surface area contributed by atoms with Crippen LogP contribution in [-0.4, -0.2) is 13.8 Å². The highest BCUT2D eigenvalue weighted by molar-refractivity contribution is 7.92. The number of nitrogen functional groups attached to an aromatic ring is 1. The number of hydrogen-bond donors (Lipinski definition) is 2. The highest BCUT2D eigenvalue weighted by Gasteiger charge is 2.22. The Morgan fingerprint density at radius 1 is 1.27 bits per heavy atom. The third kappa shape index (κ3) is 2.70. The van der Waals surface area contributed by atoms with Crippen molar-refractivity contribution in [2.75, 3.05) is 5.73 Å². The normalized spacial score (nSPS) is 13.7. The van der Waals surface area contributed by atoms with Crippen molar-refractivity contribution < 1.29 is 8.42 Å². The minimum absolute atomic E-state index is 0.234. The first-order valence-electron chi connectivity index (χ1n) is 4.83. The quantitative estimate of drug-likeness (QED) is 0.756. The second kappa shape index (κ2) is 4.63. The monoisotopic (exact) mass is 228 g/mol. The molecule has 0 fully saturated rings. The predicted octanol–water partition coefficient (Wildman–Crippen LogP) is 1.13. The Hall–Kier alpha value is -1.07. The van der Waals surface area contributed by atoms with E-state index in [-0.39, 0.29) is 4.90 Å². The molecule has 4 nitrogen and oxygen atoms in total. The first kappa shape index (κ1) is 12.0. The molecule has 0 aliphatic heterocycles. The molecule has 15 heavy (non-hydrogen) atoms. The molecule has 0 saturated carbocycles.